The summed E-state index contributed by atoms with van der Waals surface area (Å²) in [4.78, 5) is 27.1. The molecule has 4 heterocycles. The molecule has 13 heteroatoms. The summed E-state index contributed by atoms with van der Waals surface area (Å²) in [6.07, 6.45) is 2.75. The second-order valence-electron chi connectivity index (χ2n) is 8.02. The molecule has 11 nitrogen and oxygen atoms in total. The van der Waals surface area contributed by atoms with E-state index in [4.69, 9.17) is 5.14 Å². The fourth-order valence-electron chi connectivity index (χ4n) is 4.56. The Bertz CT molecular complexity index is 1230. The number of aromatic nitrogens is 2. The number of fused-ring (bicyclic) bond motifs is 2. The molecule has 1 fully saturated rings. The molecule has 1 saturated heterocycles. The van der Waals surface area contributed by atoms with Gasteiger partial charge in [0.25, 0.3) is 10.2 Å². The zero-order valence-electron chi connectivity index (χ0n) is 17.1. The second kappa shape index (κ2) is 7.38. The van der Waals surface area contributed by atoms with Crippen molar-refractivity contribution in [2.45, 2.75) is 46.0 Å². The highest BCUT2D eigenvalue weighted by molar-refractivity contribution is 7.87. The van der Waals surface area contributed by atoms with E-state index in [2.05, 4.69) is 4.72 Å². The van der Waals surface area contributed by atoms with Crippen molar-refractivity contribution in [3.8, 4) is 0 Å². The van der Waals surface area contributed by atoms with Crippen LogP contribution in [0.3, 0.4) is 0 Å². The maximum absolute atomic E-state index is 12.4. The largest absolute Gasteiger partial charge is 0.543 e. The molecule has 4 rings (SSSR count). The summed E-state index contributed by atoms with van der Waals surface area (Å²) in [7, 11) is -3.80. The van der Waals surface area contributed by atoms with Gasteiger partial charge in [0.15, 0.2) is 0 Å². The normalized spacial score (nSPS) is 24.6. The smallest absolute Gasteiger partial charge is 0.274 e. The van der Waals surface area contributed by atoms with Crippen molar-refractivity contribution in [1.29, 1.82) is 0 Å². The van der Waals surface area contributed by atoms with Crippen molar-refractivity contribution in [3.05, 3.63) is 34.4 Å². The third kappa shape index (κ3) is 3.55. The Labute approximate surface area is 182 Å². The molecule has 0 unspecified atom stereocenters. The van der Waals surface area contributed by atoms with Gasteiger partial charge in [-0.15, -0.1) is 0 Å². The molecular weight excluding hydrogens is 446 g/mol. The van der Waals surface area contributed by atoms with E-state index in [-0.39, 0.29) is 24.7 Å². The first-order chi connectivity index (χ1) is 14.4. The molecule has 0 saturated carbocycles. The first kappa shape index (κ1) is 21.9. The molecule has 2 aliphatic heterocycles. The van der Waals surface area contributed by atoms with Gasteiger partial charge >= 0.3 is 0 Å². The summed E-state index contributed by atoms with van der Waals surface area (Å²) in [6.45, 7) is 5.55. The fourth-order valence-corrected chi connectivity index (χ4v) is 6.11. The van der Waals surface area contributed by atoms with Gasteiger partial charge in [0.05, 0.1) is 41.2 Å². The van der Waals surface area contributed by atoms with Gasteiger partial charge in [0, 0.05) is 11.5 Å². The summed E-state index contributed by atoms with van der Waals surface area (Å²) in [6, 6.07) is -0.391. The number of nitrogens with one attached hydrogen (secondary N) is 1. The number of rotatable bonds is 7. The highest BCUT2D eigenvalue weighted by Gasteiger charge is 2.58. The van der Waals surface area contributed by atoms with Gasteiger partial charge in [-0.25, -0.2) is 9.71 Å². The standard InChI is InChI=1S/C18H23N5O6S2/c1-8-11(16(18(26)27)23-15(8)14(10(3)24)17(23)25)5-21-6-13-22(7-21)9(2)12(30-13)4-20-31(19,28)29/h6-8,10,14-15,20,24H,4-5H2,1-3H3,(H2-,19,26,27,28,29)/t8-,10+,14+,15+/m0/s1. The molecule has 2 aliphatic rings. The topological polar surface area (TPSA) is 162 Å². The third-order valence-corrected chi connectivity index (χ3v) is 7.81. The number of carboxylic acid groups (broad SMARTS) is 1. The zero-order valence-corrected chi connectivity index (χ0v) is 18.7. The van der Waals surface area contributed by atoms with E-state index in [0.717, 1.165) is 15.4 Å². The number of carbonyl (C=O) groups is 2. The van der Waals surface area contributed by atoms with Gasteiger partial charge < -0.3 is 19.9 Å². The Balaban J connectivity index is 1.63. The average molecular weight is 470 g/mol. The Hall–Kier alpha value is -2.32. The summed E-state index contributed by atoms with van der Waals surface area (Å²) in [5, 5.41) is 26.8. The summed E-state index contributed by atoms with van der Waals surface area (Å²) in [5.74, 6) is -2.67. The maximum Gasteiger partial charge on any atom is 0.274 e. The van der Waals surface area contributed by atoms with Crippen LogP contribution in [0, 0.1) is 18.8 Å². The van der Waals surface area contributed by atoms with Crippen molar-refractivity contribution >= 4 is 38.3 Å². The van der Waals surface area contributed by atoms with Gasteiger partial charge in [-0.05, 0) is 13.8 Å². The Morgan fingerprint density at radius 3 is 2.71 bits per heavy atom. The van der Waals surface area contributed by atoms with Crippen LogP contribution >= 0.6 is 11.3 Å². The van der Waals surface area contributed by atoms with E-state index in [1.807, 2.05) is 29.0 Å². The lowest BCUT2D eigenvalue weighted by atomic mass is 9.78. The summed E-state index contributed by atoms with van der Waals surface area (Å²) < 4.78 is 28.2. The number of imidazole rings is 1. The van der Waals surface area contributed by atoms with Crippen LogP contribution in [0.5, 0.6) is 0 Å². The number of carbonyl (C=O) groups excluding carboxylic acids is 2. The van der Waals surface area contributed by atoms with Gasteiger partial charge in [-0.1, -0.05) is 18.3 Å². The van der Waals surface area contributed by atoms with Crippen molar-refractivity contribution < 1.29 is 32.6 Å². The van der Waals surface area contributed by atoms with Crippen molar-refractivity contribution in [2.24, 2.45) is 17.0 Å². The number of aryl methyl sites for hydroxylation is 1. The van der Waals surface area contributed by atoms with Gasteiger partial charge in [0.1, 0.15) is 18.4 Å². The van der Waals surface area contributed by atoms with Crippen LogP contribution in [0.1, 0.15) is 24.4 Å². The summed E-state index contributed by atoms with van der Waals surface area (Å²) in [5.41, 5.74) is 1.28. The number of aliphatic hydroxyl groups excluding tert-OH is 1. The van der Waals surface area contributed by atoms with E-state index < -0.39 is 40.1 Å². The quantitative estimate of drug-likeness (QED) is 0.307. The number of thiazole rings is 1. The molecule has 2 aromatic heterocycles. The predicted molar refractivity (Wildman–Crippen MR) is 107 cm³/mol. The highest BCUT2D eigenvalue weighted by atomic mass is 32.2. The Kier molecular flexibility index (Phi) is 5.21. The molecule has 168 valence electrons. The monoisotopic (exact) mass is 469 g/mol. The van der Waals surface area contributed by atoms with E-state index in [0.29, 0.717) is 5.57 Å². The van der Waals surface area contributed by atoms with Crippen LogP contribution in [0.15, 0.2) is 23.8 Å². The number of hydrogen-bond donors (Lipinski definition) is 3. The van der Waals surface area contributed by atoms with Crippen molar-refractivity contribution in [2.75, 3.05) is 0 Å². The Morgan fingerprint density at radius 1 is 1.48 bits per heavy atom. The van der Waals surface area contributed by atoms with Crippen LogP contribution in [-0.2, 0) is 32.9 Å². The first-order valence-corrected chi connectivity index (χ1v) is 12.0. The predicted octanol–water partition coefficient (Wildman–Crippen LogP) is -2.25. The van der Waals surface area contributed by atoms with Crippen molar-refractivity contribution in [1.82, 2.24) is 14.2 Å². The van der Waals surface area contributed by atoms with E-state index in [9.17, 15) is 28.2 Å². The fraction of sp³-hybridized carbons (Fsp3) is 0.500. The van der Waals surface area contributed by atoms with Crippen LogP contribution in [0.2, 0.25) is 0 Å². The lowest BCUT2D eigenvalue weighted by Crippen LogP contribution is -2.64. The van der Waals surface area contributed by atoms with Crippen LogP contribution in [0.25, 0.3) is 4.83 Å². The molecular formula is C18H23N5O6S2. The number of nitrogens with two attached hydrogens (primary N) is 1. The van der Waals surface area contributed by atoms with E-state index in [1.165, 1.54) is 23.2 Å². The van der Waals surface area contributed by atoms with Crippen molar-refractivity contribution in [3.63, 3.8) is 0 Å². The number of aliphatic carboxylic acids is 1. The SMILES string of the molecule is Cc1c(CNS(N)(=O)=O)sc2cn(CC3=C(C(=O)[O-])N4C(=O)[C@H]([C@@H](C)O)[C@H]4[C@H]3C)c[n+]12. The van der Waals surface area contributed by atoms with E-state index in [1.54, 1.807) is 6.33 Å². The molecule has 0 radical (unpaired) electrons. The lowest BCUT2D eigenvalue weighted by Gasteiger charge is -2.47. The molecule has 0 spiro atoms. The highest BCUT2D eigenvalue weighted by Crippen LogP contribution is 2.47. The second-order valence-corrected chi connectivity index (χ2v) is 10.5. The maximum atomic E-state index is 12.4. The number of nitrogens with zero attached hydrogens (tertiary/aromatic N) is 3. The zero-order chi connectivity index (χ0) is 22.8. The lowest BCUT2D eigenvalue weighted by molar-refractivity contribution is -0.516. The average Bonchev–Trinajstić information content (AvgIpc) is 3.24. The minimum Gasteiger partial charge on any atom is -0.543 e. The minimum atomic E-state index is -3.80. The molecule has 0 aliphatic carbocycles. The van der Waals surface area contributed by atoms with Crippen LogP contribution in [-0.4, -0.2) is 47.0 Å². The van der Waals surface area contributed by atoms with Gasteiger partial charge in [-0.3, -0.25) is 4.79 Å². The van der Waals surface area contributed by atoms with Crippen LogP contribution in [0.4, 0.5) is 0 Å². The molecule has 4 atom stereocenters. The number of aliphatic hydroxyl groups is 1. The molecule has 31 heavy (non-hydrogen) atoms. The number of carboxylic acids is 1. The number of hydrogen-bond acceptors (Lipinski definition) is 7. The Morgan fingerprint density at radius 2 is 2.16 bits per heavy atom. The van der Waals surface area contributed by atoms with Gasteiger partial charge in [0.2, 0.25) is 17.1 Å². The van der Waals surface area contributed by atoms with Crippen LogP contribution < -0.4 is 19.4 Å². The molecule has 4 N–H and O–H groups in total. The first-order valence-electron chi connectivity index (χ1n) is 9.63. The minimum absolute atomic E-state index is 0.0769. The molecule has 0 aromatic carbocycles. The van der Waals surface area contributed by atoms with Gasteiger partial charge in [-0.2, -0.15) is 17.5 Å². The summed E-state index contributed by atoms with van der Waals surface area (Å²) >= 11 is 1.39. The van der Waals surface area contributed by atoms with E-state index >= 15 is 0 Å². The molecule has 2 aromatic rings. The third-order valence-electron chi connectivity index (χ3n) is 6.07. The molecule has 0 bridgehead atoms. The number of amides is 1. The number of β-lactam (4-membered cyclic amide) rings is 1. The molecule has 1 amide bonds.